The fourth-order valence-electron chi connectivity index (χ4n) is 1.27. The Hall–Kier alpha value is -0.430. The quantitative estimate of drug-likeness (QED) is 0.566. The first-order chi connectivity index (χ1) is 4.91. The summed E-state index contributed by atoms with van der Waals surface area (Å²) < 4.78 is 2.07. The maximum absolute atomic E-state index is 5.85. The lowest BCUT2D eigenvalue weighted by Gasteiger charge is -2.19. The van der Waals surface area contributed by atoms with Crippen LogP contribution in [-0.2, 0) is 12.5 Å². The van der Waals surface area contributed by atoms with Gasteiger partial charge in [0.1, 0.15) is 0 Å². The molecule has 0 aliphatic carbocycles. The number of halogens is 1. The summed E-state index contributed by atoms with van der Waals surface area (Å²) in [6.45, 7) is 6.54. The first kappa shape index (κ1) is 8.66. The van der Waals surface area contributed by atoms with Crippen molar-refractivity contribution in [2.75, 3.05) is 0 Å². The van der Waals surface area contributed by atoms with Crippen LogP contribution in [0.4, 0.5) is 0 Å². The molecular formula is C9H14ClN. The summed E-state index contributed by atoms with van der Waals surface area (Å²) in [5, 5.41) is 0.817. The minimum Gasteiger partial charge on any atom is -0.352 e. The van der Waals surface area contributed by atoms with Crippen molar-refractivity contribution in [3.63, 3.8) is 0 Å². The minimum atomic E-state index is 0.182. The molecule has 2 heteroatoms. The molecule has 1 heterocycles. The van der Waals surface area contributed by atoms with E-state index >= 15 is 0 Å². The highest BCUT2D eigenvalue weighted by Gasteiger charge is 2.17. The summed E-state index contributed by atoms with van der Waals surface area (Å²) in [4.78, 5) is 0. The van der Waals surface area contributed by atoms with Gasteiger partial charge >= 0.3 is 0 Å². The predicted molar refractivity (Wildman–Crippen MR) is 49.1 cm³/mol. The smallest absolute Gasteiger partial charge is 0.0585 e. The van der Waals surface area contributed by atoms with Crippen LogP contribution in [0.5, 0.6) is 0 Å². The van der Waals surface area contributed by atoms with Gasteiger partial charge in [0.2, 0.25) is 0 Å². The van der Waals surface area contributed by atoms with E-state index in [1.807, 2.05) is 19.3 Å². The van der Waals surface area contributed by atoms with Crippen molar-refractivity contribution in [3.05, 3.63) is 23.0 Å². The molecule has 1 rings (SSSR count). The molecule has 0 aliphatic rings. The molecule has 0 N–H and O–H groups in total. The highest BCUT2D eigenvalue weighted by atomic mass is 35.5. The molecule has 0 aromatic carbocycles. The van der Waals surface area contributed by atoms with E-state index in [-0.39, 0.29) is 5.41 Å². The number of hydrogen-bond donors (Lipinski definition) is 0. The van der Waals surface area contributed by atoms with Crippen molar-refractivity contribution in [1.29, 1.82) is 0 Å². The van der Waals surface area contributed by atoms with E-state index in [2.05, 4.69) is 25.3 Å². The fourth-order valence-corrected chi connectivity index (χ4v) is 1.52. The van der Waals surface area contributed by atoms with Crippen LogP contribution in [0, 0.1) is 0 Å². The van der Waals surface area contributed by atoms with Crippen molar-refractivity contribution < 1.29 is 0 Å². The first-order valence-corrected chi connectivity index (χ1v) is 4.11. The Kier molecular flexibility index (Phi) is 2.02. The molecule has 0 bridgehead atoms. The van der Waals surface area contributed by atoms with Gasteiger partial charge in [0.05, 0.1) is 5.02 Å². The van der Waals surface area contributed by atoms with Crippen LogP contribution in [0.15, 0.2) is 12.3 Å². The summed E-state index contributed by atoms with van der Waals surface area (Å²) >= 11 is 5.85. The molecule has 0 radical (unpaired) electrons. The third-order valence-corrected chi connectivity index (χ3v) is 1.95. The average molecular weight is 172 g/mol. The molecular weight excluding hydrogens is 158 g/mol. The Bertz CT molecular complexity index is 255. The molecule has 0 atom stereocenters. The molecule has 11 heavy (non-hydrogen) atoms. The molecule has 1 nitrogen and oxygen atoms in total. The monoisotopic (exact) mass is 171 g/mol. The zero-order valence-corrected chi connectivity index (χ0v) is 8.24. The van der Waals surface area contributed by atoms with Gasteiger partial charge in [-0.2, -0.15) is 0 Å². The van der Waals surface area contributed by atoms with Crippen LogP contribution in [0.25, 0.3) is 0 Å². The second-order valence-electron chi connectivity index (χ2n) is 3.90. The van der Waals surface area contributed by atoms with Crippen LogP contribution in [0.1, 0.15) is 26.5 Å². The molecule has 0 unspecified atom stereocenters. The molecule has 0 saturated heterocycles. The SMILES string of the molecule is Cn1cc(Cl)cc1C(C)(C)C. The highest BCUT2D eigenvalue weighted by Crippen LogP contribution is 2.25. The topological polar surface area (TPSA) is 4.93 Å². The standard InChI is InChI=1S/C9H14ClN/c1-9(2,3)8-5-7(10)6-11(8)4/h5-6H,1-4H3. The largest absolute Gasteiger partial charge is 0.352 e. The first-order valence-electron chi connectivity index (χ1n) is 3.73. The van der Waals surface area contributed by atoms with Crippen LogP contribution in [-0.4, -0.2) is 4.57 Å². The molecule has 62 valence electrons. The highest BCUT2D eigenvalue weighted by molar-refractivity contribution is 6.30. The lowest BCUT2D eigenvalue weighted by molar-refractivity contribution is 0.543. The third kappa shape index (κ3) is 1.78. The lowest BCUT2D eigenvalue weighted by Crippen LogP contribution is -2.15. The Morgan fingerprint density at radius 1 is 1.36 bits per heavy atom. The average Bonchev–Trinajstić information content (AvgIpc) is 2.08. The second kappa shape index (κ2) is 2.56. The Balaban J connectivity index is 3.13. The van der Waals surface area contributed by atoms with Gasteiger partial charge < -0.3 is 4.57 Å². The summed E-state index contributed by atoms with van der Waals surface area (Å²) in [7, 11) is 2.02. The van der Waals surface area contributed by atoms with Crippen molar-refractivity contribution in [2.24, 2.45) is 7.05 Å². The van der Waals surface area contributed by atoms with Crippen molar-refractivity contribution in [1.82, 2.24) is 4.57 Å². The van der Waals surface area contributed by atoms with E-state index in [0.717, 1.165) is 5.02 Å². The maximum Gasteiger partial charge on any atom is 0.0585 e. The minimum absolute atomic E-state index is 0.182. The Morgan fingerprint density at radius 2 is 1.91 bits per heavy atom. The number of aromatic nitrogens is 1. The number of hydrogen-bond acceptors (Lipinski definition) is 0. The second-order valence-corrected chi connectivity index (χ2v) is 4.34. The van der Waals surface area contributed by atoms with Gasteiger partial charge in [0.15, 0.2) is 0 Å². The van der Waals surface area contributed by atoms with E-state index in [4.69, 9.17) is 11.6 Å². The van der Waals surface area contributed by atoms with Gasteiger partial charge in [-0.15, -0.1) is 0 Å². The third-order valence-electron chi connectivity index (χ3n) is 1.74. The number of rotatable bonds is 0. The predicted octanol–water partition coefficient (Wildman–Crippen LogP) is 2.98. The van der Waals surface area contributed by atoms with Crippen LogP contribution >= 0.6 is 11.6 Å². The molecule has 1 aromatic rings. The van der Waals surface area contributed by atoms with Gasteiger partial charge in [-0.1, -0.05) is 32.4 Å². The van der Waals surface area contributed by atoms with E-state index < -0.39 is 0 Å². The molecule has 0 amide bonds. The van der Waals surface area contributed by atoms with Gasteiger partial charge in [-0.05, 0) is 6.07 Å². The number of nitrogens with zero attached hydrogens (tertiary/aromatic N) is 1. The van der Waals surface area contributed by atoms with Crippen LogP contribution < -0.4 is 0 Å². The van der Waals surface area contributed by atoms with Gasteiger partial charge in [0, 0.05) is 24.4 Å². The van der Waals surface area contributed by atoms with E-state index in [1.54, 1.807) is 0 Å². The summed E-state index contributed by atoms with van der Waals surface area (Å²) in [5.41, 5.74) is 1.45. The summed E-state index contributed by atoms with van der Waals surface area (Å²) in [5.74, 6) is 0. The van der Waals surface area contributed by atoms with Gasteiger partial charge in [0.25, 0.3) is 0 Å². The van der Waals surface area contributed by atoms with E-state index in [0.29, 0.717) is 0 Å². The van der Waals surface area contributed by atoms with Crippen molar-refractivity contribution >= 4 is 11.6 Å². The molecule has 0 fully saturated rings. The van der Waals surface area contributed by atoms with E-state index in [1.165, 1.54) is 5.69 Å². The van der Waals surface area contributed by atoms with Crippen LogP contribution in [0.3, 0.4) is 0 Å². The normalized spacial score (nSPS) is 12.1. The summed E-state index contributed by atoms with van der Waals surface area (Å²) in [6.07, 6.45) is 1.93. The van der Waals surface area contributed by atoms with Crippen molar-refractivity contribution in [3.8, 4) is 0 Å². The van der Waals surface area contributed by atoms with Crippen LogP contribution in [0.2, 0.25) is 5.02 Å². The van der Waals surface area contributed by atoms with Gasteiger partial charge in [-0.3, -0.25) is 0 Å². The van der Waals surface area contributed by atoms with Gasteiger partial charge in [-0.25, -0.2) is 0 Å². The molecule has 0 spiro atoms. The Morgan fingerprint density at radius 3 is 2.09 bits per heavy atom. The molecule has 1 aromatic heterocycles. The Labute approximate surface area is 73.0 Å². The summed E-state index contributed by atoms with van der Waals surface area (Å²) in [6, 6.07) is 2.02. The zero-order chi connectivity index (χ0) is 8.65. The fraction of sp³-hybridized carbons (Fsp3) is 0.556. The molecule has 0 saturated carbocycles. The zero-order valence-electron chi connectivity index (χ0n) is 7.48. The van der Waals surface area contributed by atoms with E-state index in [9.17, 15) is 0 Å². The lowest BCUT2D eigenvalue weighted by atomic mass is 9.92. The van der Waals surface area contributed by atoms with Crippen molar-refractivity contribution in [2.45, 2.75) is 26.2 Å². The number of aryl methyl sites for hydroxylation is 1. The molecule has 0 aliphatic heterocycles. The maximum atomic E-state index is 5.85.